The largest absolute Gasteiger partial charge is 0.476 e. The van der Waals surface area contributed by atoms with E-state index in [0.29, 0.717) is 35.9 Å². The Morgan fingerprint density at radius 1 is 1.16 bits per heavy atom. The van der Waals surface area contributed by atoms with E-state index >= 15 is 0 Å². The lowest BCUT2D eigenvalue weighted by molar-refractivity contribution is 0.0937. The third kappa shape index (κ3) is 6.51. The minimum atomic E-state index is -0.163. The number of aromatic nitrogens is 4. The summed E-state index contributed by atoms with van der Waals surface area (Å²) in [7, 11) is 3.97. The minimum absolute atomic E-state index is 0.163. The molecule has 1 amide bonds. The highest BCUT2D eigenvalue weighted by Crippen LogP contribution is 2.28. The first-order valence-corrected chi connectivity index (χ1v) is 13.5. The highest BCUT2D eigenvalue weighted by molar-refractivity contribution is 7.13. The van der Waals surface area contributed by atoms with E-state index < -0.39 is 0 Å². The molecular formula is C27H35N7O2S. The second-order valence-corrected chi connectivity index (χ2v) is 10.1. The molecule has 0 saturated heterocycles. The van der Waals surface area contributed by atoms with E-state index in [1.165, 1.54) is 0 Å². The Bertz CT molecular complexity index is 1320. The summed E-state index contributed by atoms with van der Waals surface area (Å²) in [5, 5.41) is 9.58. The van der Waals surface area contributed by atoms with Crippen molar-refractivity contribution in [2.75, 3.05) is 46.9 Å². The van der Waals surface area contributed by atoms with Gasteiger partial charge in [-0.3, -0.25) is 9.69 Å². The Balaban J connectivity index is 1.66. The van der Waals surface area contributed by atoms with E-state index in [1.807, 2.05) is 48.8 Å². The Morgan fingerprint density at radius 2 is 1.97 bits per heavy atom. The molecule has 4 rings (SSSR count). The predicted octanol–water partition coefficient (Wildman–Crippen LogP) is 3.92. The van der Waals surface area contributed by atoms with Crippen LogP contribution in [0.1, 0.15) is 31.1 Å². The summed E-state index contributed by atoms with van der Waals surface area (Å²) >= 11 is 1.63. The van der Waals surface area contributed by atoms with Gasteiger partial charge in [0.2, 0.25) is 5.88 Å². The molecule has 0 saturated carbocycles. The average molecular weight is 522 g/mol. The van der Waals surface area contributed by atoms with Crippen LogP contribution in [0.4, 0.5) is 0 Å². The van der Waals surface area contributed by atoms with Crippen molar-refractivity contribution in [3.8, 4) is 27.7 Å². The monoisotopic (exact) mass is 521 g/mol. The third-order valence-corrected chi connectivity index (χ3v) is 7.16. The summed E-state index contributed by atoms with van der Waals surface area (Å²) in [4.78, 5) is 28.2. The molecule has 0 radical (unpaired) electrons. The molecule has 10 heteroatoms. The van der Waals surface area contributed by atoms with Crippen molar-refractivity contribution in [2.24, 2.45) is 0 Å². The predicted molar refractivity (Wildman–Crippen MR) is 148 cm³/mol. The fraction of sp³-hybridized carbons (Fsp3) is 0.407. The maximum atomic E-state index is 13.2. The number of hydrogen-bond donors (Lipinski definition) is 1. The lowest BCUT2D eigenvalue weighted by Gasteiger charge is -2.26. The van der Waals surface area contributed by atoms with Gasteiger partial charge in [-0.25, -0.2) is 14.5 Å². The summed E-state index contributed by atoms with van der Waals surface area (Å²) < 4.78 is 7.67. The quantitative estimate of drug-likeness (QED) is 0.302. The first kappa shape index (κ1) is 26.7. The number of fused-ring (bicyclic) bond motifs is 1. The molecule has 1 atom stereocenters. The van der Waals surface area contributed by atoms with Crippen LogP contribution in [0, 0.1) is 0 Å². The summed E-state index contributed by atoms with van der Waals surface area (Å²) in [6, 6.07) is 9.71. The topological polar surface area (TPSA) is 87.9 Å². The highest BCUT2D eigenvalue weighted by Gasteiger charge is 2.18. The number of nitrogens with zero attached hydrogens (tertiary/aromatic N) is 6. The molecule has 1 N–H and O–H groups in total. The minimum Gasteiger partial charge on any atom is -0.476 e. The molecule has 4 aromatic heterocycles. The molecule has 1 unspecified atom stereocenters. The molecule has 196 valence electrons. The van der Waals surface area contributed by atoms with Gasteiger partial charge in [-0.05, 0) is 57.7 Å². The van der Waals surface area contributed by atoms with Crippen molar-refractivity contribution < 1.29 is 9.53 Å². The second-order valence-electron chi connectivity index (χ2n) is 9.13. The number of nitrogens with one attached hydrogen (secondary N) is 1. The molecule has 0 aliphatic carbocycles. The van der Waals surface area contributed by atoms with Gasteiger partial charge in [0.15, 0.2) is 5.65 Å². The van der Waals surface area contributed by atoms with Gasteiger partial charge in [0.05, 0.1) is 28.0 Å². The molecule has 0 bridgehead atoms. The van der Waals surface area contributed by atoms with Crippen LogP contribution in [0.3, 0.4) is 0 Å². The molecule has 9 nitrogen and oxygen atoms in total. The molecule has 0 aliphatic heterocycles. The number of hydrogen-bond acceptors (Lipinski definition) is 8. The standard InChI is InChI=1S/C27H35N7O2S/c1-6-33(7-2)19(3)17-28-27(35)20-15-23(30-25(16-20)36-13-12-32(4)5)21-18-29-34-11-10-22(31-26(21)34)24-9-8-14-37-24/h8-11,14-16,18-19H,6-7,12-13,17H2,1-5H3,(H,28,35). The Morgan fingerprint density at radius 3 is 2.68 bits per heavy atom. The smallest absolute Gasteiger partial charge is 0.251 e. The van der Waals surface area contributed by atoms with Crippen molar-refractivity contribution in [3.63, 3.8) is 0 Å². The second kappa shape index (κ2) is 12.3. The number of rotatable bonds is 12. The van der Waals surface area contributed by atoms with Crippen LogP contribution >= 0.6 is 11.3 Å². The number of carbonyl (C=O) groups is 1. The van der Waals surface area contributed by atoms with Gasteiger partial charge in [-0.15, -0.1) is 11.3 Å². The molecule has 0 spiro atoms. The van der Waals surface area contributed by atoms with Crippen LogP contribution in [0.15, 0.2) is 48.1 Å². The van der Waals surface area contributed by atoms with Gasteiger partial charge in [-0.2, -0.15) is 5.10 Å². The summed E-state index contributed by atoms with van der Waals surface area (Å²) in [5.74, 6) is 0.235. The fourth-order valence-electron chi connectivity index (χ4n) is 4.11. The molecule has 0 fully saturated rings. The van der Waals surface area contributed by atoms with Crippen LogP contribution in [0.25, 0.3) is 27.5 Å². The molecular weight excluding hydrogens is 486 g/mol. The van der Waals surface area contributed by atoms with Crippen LogP contribution in [0.2, 0.25) is 0 Å². The molecule has 4 heterocycles. The van der Waals surface area contributed by atoms with Crippen molar-refractivity contribution >= 4 is 22.9 Å². The zero-order valence-electron chi connectivity index (χ0n) is 22.1. The van der Waals surface area contributed by atoms with E-state index in [2.05, 4.69) is 36.1 Å². The summed E-state index contributed by atoms with van der Waals surface area (Å²) in [6.07, 6.45) is 3.62. The summed E-state index contributed by atoms with van der Waals surface area (Å²) in [6.45, 7) is 9.99. The SMILES string of the molecule is CCN(CC)C(C)CNC(=O)c1cc(OCCN(C)C)nc(-c2cnn3ccc(-c4cccs4)nc23)c1. The average Bonchev–Trinajstić information content (AvgIpc) is 3.57. The first-order chi connectivity index (χ1) is 17.9. The zero-order valence-corrected chi connectivity index (χ0v) is 23.0. The lowest BCUT2D eigenvalue weighted by Crippen LogP contribution is -2.42. The Hall–Kier alpha value is -3.34. The van der Waals surface area contributed by atoms with Crippen LogP contribution in [0.5, 0.6) is 5.88 Å². The van der Waals surface area contributed by atoms with E-state index in [-0.39, 0.29) is 11.9 Å². The summed E-state index contributed by atoms with van der Waals surface area (Å²) in [5.41, 5.74) is 3.36. The van der Waals surface area contributed by atoms with Gasteiger partial charge in [0, 0.05) is 37.0 Å². The van der Waals surface area contributed by atoms with Crippen molar-refractivity contribution in [1.29, 1.82) is 0 Å². The highest BCUT2D eigenvalue weighted by atomic mass is 32.1. The number of likely N-dealkylation sites (N-methyl/N-ethyl adjacent to an activating group) is 2. The van der Waals surface area contributed by atoms with Gasteiger partial charge in [0.1, 0.15) is 6.61 Å². The first-order valence-electron chi connectivity index (χ1n) is 12.6. The van der Waals surface area contributed by atoms with Gasteiger partial charge in [0.25, 0.3) is 5.91 Å². The van der Waals surface area contributed by atoms with Gasteiger partial charge < -0.3 is 15.0 Å². The van der Waals surface area contributed by atoms with Crippen LogP contribution in [-0.2, 0) is 0 Å². The van der Waals surface area contributed by atoms with Crippen molar-refractivity contribution in [2.45, 2.75) is 26.8 Å². The molecule has 0 aliphatic rings. The Kier molecular flexibility index (Phi) is 8.86. The zero-order chi connectivity index (χ0) is 26.4. The molecule has 0 aromatic carbocycles. The maximum absolute atomic E-state index is 13.2. The lowest BCUT2D eigenvalue weighted by atomic mass is 10.1. The number of carbonyl (C=O) groups excluding carboxylic acids is 1. The fourth-order valence-corrected chi connectivity index (χ4v) is 4.81. The number of pyridine rings is 1. The van der Waals surface area contributed by atoms with E-state index in [1.54, 1.807) is 34.2 Å². The van der Waals surface area contributed by atoms with E-state index in [0.717, 1.165) is 35.8 Å². The Labute approximate surface area is 222 Å². The van der Waals surface area contributed by atoms with Gasteiger partial charge in [-0.1, -0.05) is 19.9 Å². The number of ether oxygens (including phenoxy) is 1. The van der Waals surface area contributed by atoms with Crippen molar-refractivity contribution in [3.05, 3.63) is 53.7 Å². The number of amides is 1. The van der Waals surface area contributed by atoms with Crippen LogP contribution < -0.4 is 10.1 Å². The van der Waals surface area contributed by atoms with Gasteiger partial charge >= 0.3 is 0 Å². The molecule has 4 aromatic rings. The normalized spacial score (nSPS) is 12.4. The molecule has 37 heavy (non-hydrogen) atoms. The van der Waals surface area contributed by atoms with Crippen LogP contribution in [-0.4, -0.2) is 88.2 Å². The van der Waals surface area contributed by atoms with Crippen molar-refractivity contribution in [1.82, 2.24) is 34.7 Å². The number of thiophene rings is 1. The maximum Gasteiger partial charge on any atom is 0.251 e. The van der Waals surface area contributed by atoms with E-state index in [9.17, 15) is 4.79 Å². The third-order valence-electron chi connectivity index (χ3n) is 6.26. The van der Waals surface area contributed by atoms with E-state index in [4.69, 9.17) is 14.7 Å².